The molecular weight excluding hydrogens is 306 g/mol. The van der Waals surface area contributed by atoms with Crippen LogP contribution in [0.5, 0.6) is 5.75 Å². The molecule has 4 nitrogen and oxygen atoms in total. The average molecular weight is 324 g/mol. The van der Waals surface area contributed by atoms with Crippen LogP contribution in [0, 0.1) is 0 Å². The molecule has 19 heavy (non-hydrogen) atoms. The van der Waals surface area contributed by atoms with Crippen LogP contribution in [0.4, 0.5) is 0 Å². The molecule has 102 valence electrons. The van der Waals surface area contributed by atoms with Crippen molar-refractivity contribution in [1.82, 2.24) is 10.2 Å². The predicted molar refractivity (Wildman–Crippen MR) is 80.3 cm³/mol. The normalized spacial score (nSPS) is 11.1. The summed E-state index contributed by atoms with van der Waals surface area (Å²) in [5.74, 6) is 1.26. The molecule has 0 fully saturated rings. The molecule has 0 aliphatic carbocycles. The zero-order valence-electron chi connectivity index (χ0n) is 11.3. The number of aromatic amines is 1. The number of rotatable bonds is 4. The summed E-state index contributed by atoms with van der Waals surface area (Å²) in [5, 5.41) is 7.28. The molecule has 1 heterocycles. The number of nitrogens with two attached hydrogens (primary N) is 1. The van der Waals surface area contributed by atoms with Gasteiger partial charge >= 0.3 is 0 Å². The monoisotopic (exact) mass is 323 g/mol. The summed E-state index contributed by atoms with van der Waals surface area (Å²) in [5.41, 5.74) is 9.59. The summed E-state index contributed by atoms with van der Waals surface area (Å²) in [4.78, 5) is 0. The van der Waals surface area contributed by atoms with Gasteiger partial charge in [-0.2, -0.15) is 5.10 Å². The second kappa shape index (κ2) is 5.75. The molecule has 0 aliphatic heterocycles. The van der Waals surface area contributed by atoms with Crippen molar-refractivity contribution >= 4 is 15.9 Å². The largest absolute Gasteiger partial charge is 0.496 e. The van der Waals surface area contributed by atoms with Crippen LogP contribution in [0.2, 0.25) is 0 Å². The molecule has 2 aromatic rings. The van der Waals surface area contributed by atoms with Crippen LogP contribution in [0.25, 0.3) is 11.3 Å². The van der Waals surface area contributed by atoms with Crippen LogP contribution < -0.4 is 10.5 Å². The van der Waals surface area contributed by atoms with Crippen molar-refractivity contribution in [3.63, 3.8) is 0 Å². The summed E-state index contributed by atoms with van der Waals surface area (Å²) < 4.78 is 6.32. The highest BCUT2D eigenvalue weighted by Gasteiger charge is 2.16. The molecule has 0 aliphatic rings. The third kappa shape index (κ3) is 2.67. The molecular formula is C14H18BrN3O. The molecule has 5 heteroatoms. The fourth-order valence-electron chi connectivity index (χ4n) is 1.95. The molecule has 1 aromatic heterocycles. The summed E-state index contributed by atoms with van der Waals surface area (Å²) in [6, 6.07) is 6.18. The van der Waals surface area contributed by atoms with Gasteiger partial charge in [-0.15, -0.1) is 0 Å². The van der Waals surface area contributed by atoms with E-state index < -0.39 is 0 Å². The molecule has 0 bridgehead atoms. The van der Waals surface area contributed by atoms with Crippen molar-refractivity contribution in [2.24, 2.45) is 5.73 Å². The number of nitrogens with one attached hydrogen (secondary N) is 1. The molecule has 0 saturated carbocycles. The SMILES string of the molecule is COc1ccc(C(C)C)cc1-c1n[nH]c(CN)c1Br. The topological polar surface area (TPSA) is 63.9 Å². The van der Waals surface area contributed by atoms with Gasteiger partial charge in [0.15, 0.2) is 0 Å². The second-order valence-corrected chi connectivity index (χ2v) is 5.48. The van der Waals surface area contributed by atoms with E-state index in [1.54, 1.807) is 7.11 Å². The Bertz CT molecular complexity index is 578. The Morgan fingerprint density at radius 3 is 2.68 bits per heavy atom. The molecule has 0 spiro atoms. The molecule has 0 atom stereocenters. The third-order valence-corrected chi connectivity index (χ3v) is 3.98. The number of methoxy groups -OCH3 is 1. The Morgan fingerprint density at radius 1 is 1.42 bits per heavy atom. The number of aromatic nitrogens is 2. The van der Waals surface area contributed by atoms with Crippen molar-refractivity contribution in [2.75, 3.05) is 7.11 Å². The van der Waals surface area contributed by atoms with Crippen molar-refractivity contribution in [3.8, 4) is 17.0 Å². The van der Waals surface area contributed by atoms with Gasteiger partial charge in [0.25, 0.3) is 0 Å². The third-order valence-electron chi connectivity index (χ3n) is 3.12. The number of halogens is 1. The average Bonchev–Trinajstić information content (AvgIpc) is 2.78. The number of benzene rings is 1. The quantitative estimate of drug-likeness (QED) is 0.906. The Hall–Kier alpha value is -1.33. The zero-order valence-corrected chi connectivity index (χ0v) is 12.9. The number of H-pyrrole nitrogens is 1. The Kier molecular flexibility index (Phi) is 4.27. The van der Waals surface area contributed by atoms with Crippen LogP contribution in [0.15, 0.2) is 22.7 Å². The lowest BCUT2D eigenvalue weighted by Crippen LogP contribution is -1.97. The molecule has 0 amide bonds. The Morgan fingerprint density at radius 2 is 2.16 bits per heavy atom. The number of hydrogen-bond acceptors (Lipinski definition) is 3. The first kappa shape index (κ1) is 14.1. The molecule has 3 N–H and O–H groups in total. The highest BCUT2D eigenvalue weighted by atomic mass is 79.9. The van der Waals surface area contributed by atoms with Gasteiger partial charge < -0.3 is 10.5 Å². The first-order valence-corrected chi connectivity index (χ1v) is 6.98. The van der Waals surface area contributed by atoms with Crippen LogP contribution in [-0.2, 0) is 6.54 Å². The van der Waals surface area contributed by atoms with Gasteiger partial charge in [0.2, 0.25) is 0 Å². The lowest BCUT2D eigenvalue weighted by molar-refractivity contribution is 0.416. The van der Waals surface area contributed by atoms with Crippen LogP contribution in [-0.4, -0.2) is 17.3 Å². The minimum absolute atomic E-state index is 0.416. The smallest absolute Gasteiger partial charge is 0.128 e. The molecule has 0 radical (unpaired) electrons. The van der Waals surface area contributed by atoms with Gasteiger partial charge in [0, 0.05) is 12.1 Å². The maximum Gasteiger partial charge on any atom is 0.128 e. The van der Waals surface area contributed by atoms with Gasteiger partial charge in [-0.1, -0.05) is 19.9 Å². The van der Waals surface area contributed by atoms with E-state index >= 15 is 0 Å². The fourth-order valence-corrected chi connectivity index (χ4v) is 2.50. The van der Waals surface area contributed by atoms with E-state index in [2.05, 4.69) is 52.1 Å². The van der Waals surface area contributed by atoms with E-state index in [4.69, 9.17) is 10.5 Å². The lowest BCUT2D eigenvalue weighted by atomic mass is 9.99. The molecule has 0 unspecified atom stereocenters. The summed E-state index contributed by atoms with van der Waals surface area (Å²) in [6.07, 6.45) is 0. The number of hydrogen-bond donors (Lipinski definition) is 2. The highest BCUT2D eigenvalue weighted by Crippen LogP contribution is 2.36. The molecule has 2 rings (SSSR count). The lowest BCUT2D eigenvalue weighted by Gasteiger charge is -2.11. The van der Waals surface area contributed by atoms with Gasteiger partial charge in [-0.25, -0.2) is 0 Å². The van der Waals surface area contributed by atoms with Crippen LogP contribution >= 0.6 is 15.9 Å². The second-order valence-electron chi connectivity index (χ2n) is 4.68. The standard InChI is InChI=1S/C14H18BrN3O/c1-8(2)9-4-5-12(19-3)10(6-9)14-13(15)11(7-16)17-18-14/h4-6,8H,7,16H2,1-3H3,(H,17,18). The first-order chi connectivity index (χ1) is 9.08. The van der Waals surface area contributed by atoms with Gasteiger partial charge in [0.1, 0.15) is 11.4 Å². The van der Waals surface area contributed by atoms with E-state index in [0.717, 1.165) is 27.2 Å². The van der Waals surface area contributed by atoms with E-state index in [1.165, 1.54) is 5.56 Å². The first-order valence-electron chi connectivity index (χ1n) is 6.19. The van der Waals surface area contributed by atoms with E-state index in [0.29, 0.717) is 12.5 Å². The van der Waals surface area contributed by atoms with E-state index in [9.17, 15) is 0 Å². The minimum atomic E-state index is 0.416. The summed E-state index contributed by atoms with van der Waals surface area (Å²) >= 11 is 3.54. The highest BCUT2D eigenvalue weighted by molar-refractivity contribution is 9.10. The van der Waals surface area contributed by atoms with Gasteiger partial charge in [-0.3, -0.25) is 5.10 Å². The van der Waals surface area contributed by atoms with Gasteiger partial charge in [-0.05, 0) is 39.5 Å². The van der Waals surface area contributed by atoms with Crippen molar-refractivity contribution in [1.29, 1.82) is 0 Å². The van der Waals surface area contributed by atoms with Crippen molar-refractivity contribution in [2.45, 2.75) is 26.3 Å². The number of nitrogens with zero attached hydrogens (tertiary/aromatic N) is 1. The van der Waals surface area contributed by atoms with E-state index in [-0.39, 0.29) is 0 Å². The van der Waals surface area contributed by atoms with Crippen molar-refractivity contribution < 1.29 is 4.74 Å². The van der Waals surface area contributed by atoms with Crippen molar-refractivity contribution in [3.05, 3.63) is 33.9 Å². The van der Waals surface area contributed by atoms with Crippen LogP contribution in [0.3, 0.4) is 0 Å². The molecule has 0 saturated heterocycles. The Labute approximate surface area is 121 Å². The number of ether oxygens (including phenoxy) is 1. The summed E-state index contributed by atoms with van der Waals surface area (Å²) in [6.45, 7) is 4.74. The van der Waals surface area contributed by atoms with Crippen LogP contribution in [0.1, 0.15) is 31.0 Å². The predicted octanol–water partition coefficient (Wildman–Crippen LogP) is 3.43. The maximum absolute atomic E-state index is 5.66. The van der Waals surface area contributed by atoms with E-state index in [1.807, 2.05) is 6.07 Å². The maximum atomic E-state index is 5.66. The Balaban J connectivity index is 2.58. The van der Waals surface area contributed by atoms with Gasteiger partial charge in [0.05, 0.1) is 17.3 Å². The zero-order chi connectivity index (χ0) is 14.0. The fraction of sp³-hybridized carbons (Fsp3) is 0.357. The molecule has 1 aromatic carbocycles. The summed E-state index contributed by atoms with van der Waals surface area (Å²) in [7, 11) is 1.66. The minimum Gasteiger partial charge on any atom is -0.496 e.